The minimum atomic E-state index is 0.206. The molecule has 0 radical (unpaired) electrons. The van der Waals surface area contributed by atoms with Crippen LogP contribution in [0.15, 0.2) is 24.3 Å². The number of halogens is 1. The Morgan fingerprint density at radius 1 is 1.27 bits per heavy atom. The Morgan fingerprint density at radius 2 is 1.87 bits per heavy atom. The maximum absolute atomic E-state index is 5.82. The van der Waals surface area contributed by atoms with Gasteiger partial charge in [0.05, 0.1) is 0 Å². The van der Waals surface area contributed by atoms with Crippen molar-refractivity contribution in [3.63, 3.8) is 0 Å². The van der Waals surface area contributed by atoms with Gasteiger partial charge in [0.1, 0.15) is 0 Å². The first-order valence-corrected chi connectivity index (χ1v) is 5.69. The molecule has 2 nitrogen and oxygen atoms in total. The second-order valence-corrected chi connectivity index (χ2v) is 4.55. The van der Waals surface area contributed by atoms with E-state index in [9.17, 15) is 0 Å². The predicted molar refractivity (Wildman–Crippen MR) is 66.3 cm³/mol. The predicted octanol–water partition coefficient (Wildman–Crippen LogP) is 2.21. The van der Waals surface area contributed by atoms with Gasteiger partial charge in [-0.2, -0.15) is 0 Å². The largest absolute Gasteiger partial charge is 0.327 e. The molecule has 0 aromatic heterocycles. The summed E-state index contributed by atoms with van der Waals surface area (Å²) in [5.41, 5.74) is 6.97. The van der Waals surface area contributed by atoms with E-state index in [4.69, 9.17) is 17.3 Å². The van der Waals surface area contributed by atoms with Crippen molar-refractivity contribution in [1.82, 2.24) is 5.32 Å². The topological polar surface area (TPSA) is 38.0 Å². The van der Waals surface area contributed by atoms with E-state index in [0.29, 0.717) is 6.04 Å². The highest BCUT2D eigenvalue weighted by molar-refractivity contribution is 6.30. The fourth-order valence-corrected chi connectivity index (χ4v) is 1.56. The molecule has 0 saturated heterocycles. The van der Waals surface area contributed by atoms with E-state index < -0.39 is 0 Å². The van der Waals surface area contributed by atoms with Gasteiger partial charge in [-0.1, -0.05) is 23.7 Å². The molecule has 0 saturated carbocycles. The molecule has 0 heterocycles. The van der Waals surface area contributed by atoms with Crippen molar-refractivity contribution >= 4 is 11.6 Å². The molecule has 2 unspecified atom stereocenters. The van der Waals surface area contributed by atoms with Crippen LogP contribution in [0.1, 0.15) is 19.4 Å². The van der Waals surface area contributed by atoms with Gasteiger partial charge in [0.15, 0.2) is 0 Å². The van der Waals surface area contributed by atoms with Crippen molar-refractivity contribution in [2.45, 2.75) is 32.4 Å². The lowest BCUT2D eigenvalue weighted by molar-refractivity contribution is 0.514. The summed E-state index contributed by atoms with van der Waals surface area (Å²) < 4.78 is 0. The number of benzene rings is 1. The Bertz CT molecular complexity index is 282. The molecule has 1 rings (SSSR count). The molecule has 1 aromatic carbocycles. The van der Waals surface area contributed by atoms with Gasteiger partial charge in [-0.05, 0) is 38.0 Å². The van der Waals surface area contributed by atoms with Gasteiger partial charge in [0, 0.05) is 23.7 Å². The fraction of sp³-hybridized carbons (Fsp3) is 0.500. The number of hydrogen-bond acceptors (Lipinski definition) is 2. The summed E-state index contributed by atoms with van der Waals surface area (Å²) in [6.45, 7) is 5.02. The third-order valence-corrected chi connectivity index (χ3v) is 2.50. The quantitative estimate of drug-likeness (QED) is 0.808. The summed E-state index contributed by atoms with van der Waals surface area (Å²) in [5, 5.41) is 4.17. The summed E-state index contributed by atoms with van der Waals surface area (Å²) >= 11 is 5.82. The molecular weight excluding hydrogens is 208 g/mol. The molecule has 2 atom stereocenters. The number of nitrogens with two attached hydrogens (primary N) is 1. The van der Waals surface area contributed by atoms with Crippen LogP contribution in [0, 0.1) is 0 Å². The molecule has 0 aliphatic rings. The number of rotatable bonds is 5. The Morgan fingerprint density at radius 3 is 2.40 bits per heavy atom. The average molecular weight is 227 g/mol. The van der Waals surface area contributed by atoms with Crippen LogP contribution in [0.25, 0.3) is 0 Å². The van der Waals surface area contributed by atoms with E-state index in [-0.39, 0.29) is 6.04 Å². The second kappa shape index (κ2) is 6.11. The van der Waals surface area contributed by atoms with Gasteiger partial charge < -0.3 is 11.1 Å². The molecular formula is C12H19ClN2. The van der Waals surface area contributed by atoms with E-state index >= 15 is 0 Å². The van der Waals surface area contributed by atoms with Crippen LogP contribution in [0.4, 0.5) is 0 Å². The van der Waals surface area contributed by atoms with Crippen LogP contribution in [0.5, 0.6) is 0 Å². The zero-order chi connectivity index (χ0) is 11.3. The maximum Gasteiger partial charge on any atom is 0.0406 e. The van der Waals surface area contributed by atoms with Crippen LogP contribution in [0.3, 0.4) is 0 Å². The molecule has 1 aromatic rings. The molecule has 0 fully saturated rings. The highest BCUT2D eigenvalue weighted by Gasteiger charge is 2.03. The van der Waals surface area contributed by atoms with Crippen LogP contribution in [0.2, 0.25) is 5.02 Å². The Hall–Kier alpha value is -0.570. The van der Waals surface area contributed by atoms with Crippen LogP contribution >= 0.6 is 11.6 Å². The monoisotopic (exact) mass is 226 g/mol. The summed E-state index contributed by atoms with van der Waals surface area (Å²) in [4.78, 5) is 0. The van der Waals surface area contributed by atoms with Crippen molar-refractivity contribution < 1.29 is 0 Å². The molecule has 84 valence electrons. The molecule has 0 bridgehead atoms. The standard InChI is InChI=1S/C12H19ClN2/c1-9(14)8-15-10(2)7-11-3-5-12(13)6-4-11/h3-6,9-10,15H,7-8,14H2,1-2H3. The third-order valence-electron chi connectivity index (χ3n) is 2.24. The summed E-state index contributed by atoms with van der Waals surface area (Å²) in [5.74, 6) is 0. The maximum atomic E-state index is 5.82. The molecule has 0 aliphatic carbocycles. The number of nitrogens with one attached hydrogen (secondary N) is 1. The van der Waals surface area contributed by atoms with Gasteiger partial charge in [0.25, 0.3) is 0 Å². The zero-order valence-corrected chi connectivity index (χ0v) is 10.1. The van der Waals surface area contributed by atoms with E-state index in [1.807, 2.05) is 19.1 Å². The van der Waals surface area contributed by atoms with Crippen molar-refractivity contribution in [3.05, 3.63) is 34.9 Å². The van der Waals surface area contributed by atoms with E-state index in [2.05, 4.69) is 24.4 Å². The van der Waals surface area contributed by atoms with E-state index in [1.54, 1.807) is 0 Å². The fourth-order valence-electron chi connectivity index (χ4n) is 1.43. The van der Waals surface area contributed by atoms with Gasteiger partial charge in [-0.15, -0.1) is 0 Å². The lowest BCUT2D eigenvalue weighted by atomic mass is 10.1. The SMILES string of the molecule is CC(N)CNC(C)Cc1ccc(Cl)cc1. The van der Waals surface area contributed by atoms with Gasteiger partial charge >= 0.3 is 0 Å². The molecule has 3 heteroatoms. The highest BCUT2D eigenvalue weighted by Crippen LogP contribution is 2.10. The first-order chi connectivity index (χ1) is 7.08. The number of hydrogen-bond donors (Lipinski definition) is 2. The average Bonchev–Trinajstić information content (AvgIpc) is 2.19. The third kappa shape index (κ3) is 5.17. The summed E-state index contributed by atoms with van der Waals surface area (Å²) in [7, 11) is 0. The van der Waals surface area contributed by atoms with Gasteiger partial charge in [-0.25, -0.2) is 0 Å². The Labute approximate surface area is 96.8 Å². The van der Waals surface area contributed by atoms with Crippen molar-refractivity contribution in [1.29, 1.82) is 0 Å². The molecule has 0 amide bonds. The molecule has 0 spiro atoms. The van der Waals surface area contributed by atoms with E-state index in [1.165, 1.54) is 5.56 Å². The minimum absolute atomic E-state index is 0.206. The van der Waals surface area contributed by atoms with Crippen molar-refractivity contribution in [3.8, 4) is 0 Å². The normalized spacial score (nSPS) is 14.9. The first-order valence-electron chi connectivity index (χ1n) is 5.31. The Kier molecular flexibility index (Phi) is 5.09. The lowest BCUT2D eigenvalue weighted by Crippen LogP contribution is -2.37. The summed E-state index contributed by atoms with van der Waals surface area (Å²) in [6, 6.07) is 8.62. The van der Waals surface area contributed by atoms with Gasteiger partial charge in [-0.3, -0.25) is 0 Å². The molecule has 3 N–H and O–H groups in total. The first kappa shape index (κ1) is 12.5. The van der Waals surface area contributed by atoms with Crippen LogP contribution < -0.4 is 11.1 Å². The zero-order valence-electron chi connectivity index (χ0n) is 9.33. The lowest BCUT2D eigenvalue weighted by Gasteiger charge is -2.15. The van der Waals surface area contributed by atoms with Crippen molar-refractivity contribution in [2.24, 2.45) is 5.73 Å². The Balaban J connectivity index is 2.37. The van der Waals surface area contributed by atoms with Crippen molar-refractivity contribution in [2.75, 3.05) is 6.54 Å². The smallest absolute Gasteiger partial charge is 0.0406 e. The minimum Gasteiger partial charge on any atom is -0.327 e. The summed E-state index contributed by atoms with van der Waals surface area (Å²) in [6.07, 6.45) is 1.00. The van der Waals surface area contributed by atoms with E-state index in [0.717, 1.165) is 18.0 Å². The van der Waals surface area contributed by atoms with Gasteiger partial charge in [0.2, 0.25) is 0 Å². The van der Waals surface area contributed by atoms with Crippen LogP contribution in [-0.2, 0) is 6.42 Å². The molecule has 0 aliphatic heterocycles. The highest BCUT2D eigenvalue weighted by atomic mass is 35.5. The second-order valence-electron chi connectivity index (χ2n) is 4.12. The molecule has 15 heavy (non-hydrogen) atoms. The van der Waals surface area contributed by atoms with Crippen LogP contribution in [-0.4, -0.2) is 18.6 Å².